The zero-order chi connectivity index (χ0) is 21.5. The molecule has 6 rings (SSSR count). The second-order valence-corrected chi connectivity index (χ2v) is 10.7. The molecule has 2 aromatic rings. The summed E-state index contributed by atoms with van der Waals surface area (Å²) >= 11 is 0. The second kappa shape index (κ2) is 8.83. The summed E-state index contributed by atoms with van der Waals surface area (Å²) in [6.45, 7) is 6.28. The van der Waals surface area contributed by atoms with Crippen LogP contribution in [0.2, 0.25) is 0 Å². The van der Waals surface area contributed by atoms with Gasteiger partial charge in [0.25, 0.3) is 5.91 Å². The maximum atomic E-state index is 13.2. The van der Waals surface area contributed by atoms with E-state index in [2.05, 4.69) is 44.1 Å². The molecule has 1 aromatic carbocycles. The van der Waals surface area contributed by atoms with Crippen molar-refractivity contribution in [3.8, 4) is 0 Å². The van der Waals surface area contributed by atoms with Crippen LogP contribution in [-0.4, -0.2) is 76.9 Å². The predicted octanol–water partition coefficient (Wildman–Crippen LogP) is 4.60. The van der Waals surface area contributed by atoms with Gasteiger partial charge in [-0.1, -0.05) is 25.3 Å². The van der Waals surface area contributed by atoms with Crippen LogP contribution in [-0.2, 0) is 0 Å². The number of aromatic nitrogens is 1. The van der Waals surface area contributed by atoms with Crippen LogP contribution in [0.25, 0.3) is 10.9 Å². The number of hydrogen-bond acceptors (Lipinski definition) is 3. The van der Waals surface area contributed by atoms with Gasteiger partial charge in [0.15, 0.2) is 0 Å². The van der Waals surface area contributed by atoms with Crippen molar-refractivity contribution in [1.29, 1.82) is 0 Å². The summed E-state index contributed by atoms with van der Waals surface area (Å²) in [7, 11) is 0. The molecule has 2 saturated carbocycles. The lowest BCUT2D eigenvalue weighted by atomic mass is 9.85. The van der Waals surface area contributed by atoms with Crippen LogP contribution in [0, 0.1) is 0 Å². The number of piperidine rings is 1. The first-order valence-corrected chi connectivity index (χ1v) is 13.1. The molecule has 1 aromatic heterocycles. The van der Waals surface area contributed by atoms with Crippen molar-refractivity contribution in [2.75, 3.05) is 39.3 Å². The van der Waals surface area contributed by atoms with E-state index < -0.39 is 0 Å². The van der Waals surface area contributed by atoms with E-state index in [0.29, 0.717) is 5.92 Å². The first-order chi connectivity index (χ1) is 15.8. The minimum atomic E-state index is 0.197. The van der Waals surface area contributed by atoms with Crippen LogP contribution in [0.15, 0.2) is 24.4 Å². The van der Waals surface area contributed by atoms with E-state index in [4.69, 9.17) is 0 Å². The lowest BCUT2D eigenvalue weighted by molar-refractivity contribution is 0.0573. The fourth-order valence-electron chi connectivity index (χ4n) is 6.69. The van der Waals surface area contributed by atoms with E-state index in [1.807, 2.05) is 0 Å². The molecule has 32 heavy (non-hydrogen) atoms. The number of aromatic amines is 1. The van der Waals surface area contributed by atoms with Crippen LogP contribution >= 0.6 is 0 Å². The maximum absolute atomic E-state index is 13.2. The molecule has 1 N–H and O–H groups in total. The first-order valence-electron chi connectivity index (χ1n) is 13.1. The van der Waals surface area contributed by atoms with E-state index in [9.17, 15) is 4.79 Å². The molecule has 172 valence electrons. The van der Waals surface area contributed by atoms with Gasteiger partial charge in [0, 0.05) is 60.9 Å². The summed E-state index contributed by atoms with van der Waals surface area (Å²) in [5, 5.41) is 1.31. The lowest BCUT2D eigenvalue weighted by Gasteiger charge is -2.41. The van der Waals surface area contributed by atoms with E-state index in [1.54, 1.807) is 0 Å². The molecule has 5 heteroatoms. The van der Waals surface area contributed by atoms with Crippen LogP contribution in [0.4, 0.5) is 0 Å². The lowest BCUT2D eigenvalue weighted by Crippen LogP contribution is -2.51. The molecule has 0 radical (unpaired) electrons. The molecule has 0 bridgehead atoms. The summed E-state index contributed by atoms with van der Waals surface area (Å²) in [6, 6.07) is 7.98. The van der Waals surface area contributed by atoms with Gasteiger partial charge in [-0.3, -0.25) is 9.69 Å². The van der Waals surface area contributed by atoms with Crippen molar-refractivity contribution >= 4 is 16.8 Å². The number of nitrogens with zero attached hydrogens (tertiary/aromatic N) is 3. The number of benzene rings is 1. The van der Waals surface area contributed by atoms with E-state index in [1.165, 1.54) is 81.8 Å². The molecular weight excluding hydrogens is 396 g/mol. The van der Waals surface area contributed by atoms with Crippen LogP contribution in [0.1, 0.15) is 79.6 Å². The van der Waals surface area contributed by atoms with Crippen molar-refractivity contribution in [2.45, 2.75) is 75.8 Å². The summed E-state index contributed by atoms with van der Waals surface area (Å²) < 4.78 is 0. The Kier molecular flexibility index (Phi) is 5.72. The maximum Gasteiger partial charge on any atom is 0.254 e. The molecule has 2 aliphatic heterocycles. The van der Waals surface area contributed by atoms with Crippen molar-refractivity contribution in [3.63, 3.8) is 0 Å². The molecular formula is C27H38N4O. The van der Waals surface area contributed by atoms with Crippen LogP contribution in [0.5, 0.6) is 0 Å². The highest BCUT2D eigenvalue weighted by molar-refractivity contribution is 5.98. The van der Waals surface area contributed by atoms with Gasteiger partial charge in [-0.2, -0.15) is 0 Å². The van der Waals surface area contributed by atoms with Crippen molar-refractivity contribution in [1.82, 2.24) is 19.7 Å². The molecule has 4 aliphatic rings. The highest BCUT2D eigenvalue weighted by Gasteiger charge is 2.31. The number of fused-ring (bicyclic) bond motifs is 1. The smallest absolute Gasteiger partial charge is 0.254 e. The molecule has 2 aliphatic carbocycles. The van der Waals surface area contributed by atoms with Gasteiger partial charge < -0.3 is 14.8 Å². The van der Waals surface area contributed by atoms with Crippen molar-refractivity contribution < 1.29 is 4.79 Å². The molecule has 0 unspecified atom stereocenters. The predicted molar refractivity (Wildman–Crippen MR) is 129 cm³/mol. The molecule has 5 nitrogen and oxygen atoms in total. The van der Waals surface area contributed by atoms with Crippen molar-refractivity contribution in [3.05, 3.63) is 35.5 Å². The largest absolute Gasteiger partial charge is 0.361 e. The summed E-state index contributed by atoms with van der Waals surface area (Å²) in [4.78, 5) is 24.1. The standard InChI is InChI=1S/C27H38N4O/c32-27(31-16-14-30(15-17-31)22-4-1-2-5-22)21-8-9-24-25(19-28-26(24)18-21)20-10-12-29(13-11-20)23-6-3-7-23/h8-9,18-20,22-23,28H,1-7,10-17H2. The zero-order valence-electron chi connectivity index (χ0n) is 19.4. The Morgan fingerprint density at radius 3 is 2.09 bits per heavy atom. The third kappa shape index (κ3) is 3.88. The van der Waals surface area contributed by atoms with E-state index in [0.717, 1.165) is 49.3 Å². The third-order valence-electron chi connectivity index (χ3n) is 8.96. The van der Waals surface area contributed by atoms with Gasteiger partial charge in [-0.25, -0.2) is 0 Å². The zero-order valence-corrected chi connectivity index (χ0v) is 19.4. The number of nitrogens with one attached hydrogen (secondary N) is 1. The van der Waals surface area contributed by atoms with E-state index >= 15 is 0 Å². The number of carbonyl (C=O) groups excluding carboxylic acids is 1. The Labute approximate surface area is 192 Å². The number of rotatable bonds is 4. The summed E-state index contributed by atoms with van der Waals surface area (Å²) in [6.07, 6.45) is 14.4. The second-order valence-electron chi connectivity index (χ2n) is 10.7. The van der Waals surface area contributed by atoms with Gasteiger partial charge in [0.1, 0.15) is 0 Å². The molecule has 0 spiro atoms. The molecule has 4 fully saturated rings. The van der Waals surface area contributed by atoms with Gasteiger partial charge in [-0.15, -0.1) is 0 Å². The first kappa shape index (κ1) is 20.7. The highest BCUT2D eigenvalue weighted by Crippen LogP contribution is 2.36. The Morgan fingerprint density at radius 1 is 0.781 bits per heavy atom. The number of piperazine rings is 1. The monoisotopic (exact) mass is 434 g/mol. The molecule has 3 heterocycles. The van der Waals surface area contributed by atoms with Gasteiger partial charge >= 0.3 is 0 Å². The molecule has 0 atom stereocenters. The third-order valence-corrected chi connectivity index (χ3v) is 8.96. The van der Waals surface area contributed by atoms with Crippen molar-refractivity contribution in [2.24, 2.45) is 0 Å². The normalized spacial score (nSPS) is 24.9. The Hall–Kier alpha value is -1.85. The fourth-order valence-corrected chi connectivity index (χ4v) is 6.69. The Morgan fingerprint density at radius 2 is 1.44 bits per heavy atom. The topological polar surface area (TPSA) is 42.6 Å². The number of hydrogen-bond donors (Lipinski definition) is 1. The number of amides is 1. The Balaban J connectivity index is 1.10. The molecule has 1 amide bonds. The van der Waals surface area contributed by atoms with Gasteiger partial charge in [-0.05, 0) is 75.2 Å². The SMILES string of the molecule is O=C(c1ccc2c(C3CCN(C4CCC4)CC3)c[nH]c2c1)N1CCN(C2CCCC2)CC1. The minimum Gasteiger partial charge on any atom is -0.361 e. The van der Waals surface area contributed by atoms with Crippen LogP contribution in [0.3, 0.4) is 0 Å². The van der Waals surface area contributed by atoms with E-state index in [-0.39, 0.29) is 5.91 Å². The summed E-state index contributed by atoms with van der Waals surface area (Å²) in [5.74, 6) is 0.841. The Bertz CT molecular complexity index is 942. The number of H-pyrrole nitrogens is 1. The minimum absolute atomic E-state index is 0.197. The van der Waals surface area contributed by atoms with Gasteiger partial charge in [0.05, 0.1) is 0 Å². The molecule has 2 saturated heterocycles. The summed E-state index contributed by atoms with van der Waals surface area (Å²) in [5.41, 5.74) is 3.41. The quantitative estimate of drug-likeness (QED) is 0.765. The highest BCUT2D eigenvalue weighted by atomic mass is 16.2. The number of likely N-dealkylation sites (tertiary alicyclic amines) is 1. The van der Waals surface area contributed by atoms with Gasteiger partial charge in [0.2, 0.25) is 0 Å². The fraction of sp³-hybridized carbons (Fsp3) is 0.667. The number of carbonyl (C=O) groups is 1. The average molecular weight is 435 g/mol. The average Bonchev–Trinajstić information content (AvgIpc) is 3.48. The van der Waals surface area contributed by atoms with Crippen LogP contribution < -0.4 is 0 Å².